The number of nitrogens with two attached hydrogens (primary N) is 1. The molecule has 5 nitrogen and oxygen atoms in total. The van der Waals surface area contributed by atoms with E-state index in [1.54, 1.807) is 25.3 Å². The van der Waals surface area contributed by atoms with Crippen LogP contribution in [0.25, 0.3) is 0 Å². The lowest BCUT2D eigenvalue weighted by molar-refractivity contribution is -0.0978. The standard InChI is InChI=1S/C13H18N2O3/c1-13(7-18-8-13)6-15-12(16)10-5-9(17-2)3-4-11(10)14/h3-5H,6-8,14H2,1-2H3,(H,15,16). The normalized spacial score (nSPS) is 16.8. The fourth-order valence-electron chi connectivity index (χ4n) is 1.80. The van der Waals surface area contributed by atoms with Gasteiger partial charge in [0.25, 0.3) is 5.91 Å². The van der Waals surface area contributed by atoms with E-state index in [2.05, 4.69) is 12.2 Å². The SMILES string of the molecule is COc1ccc(N)c(C(=O)NCC2(C)COC2)c1. The van der Waals surface area contributed by atoms with E-state index in [4.69, 9.17) is 15.2 Å². The van der Waals surface area contributed by atoms with E-state index in [-0.39, 0.29) is 11.3 Å². The lowest BCUT2D eigenvalue weighted by Gasteiger charge is -2.38. The van der Waals surface area contributed by atoms with Crippen LogP contribution in [0.1, 0.15) is 17.3 Å². The summed E-state index contributed by atoms with van der Waals surface area (Å²) in [5.41, 5.74) is 6.73. The van der Waals surface area contributed by atoms with E-state index >= 15 is 0 Å². The molecule has 5 heteroatoms. The Morgan fingerprint density at radius 2 is 2.28 bits per heavy atom. The predicted octanol–water partition coefficient (Wildman–Crippen LogP) is 1.04. The molecule has 98 valence electrons. The molecule has 1 fully saturated rings. The Labute approximate surface area is 106 Å². The van der Waals surface area contributed by atoms with Crippen molar-refractivity contribution in [3.63, 3.8) is 0 Å². The van der Waals surface area contributed by atoms with Crippen LogP contribution in [-0.2, 0) is 4.74 Å². The summed E-state index contributed by atoms with van der Waals surface area (Å²) >= 11 is 0. The summed E-state index contributed by atoms with van der Waals surface area (Å²) in [7, 11) is 1.56. The topological polar surface area (TPSA) is 73.6 Å². The molecule has 1 saturated heterocycles. The average molecular weight is 250 g/mol. The zero-order chi connectivity index (χ0) is 13.2. The molecule has 18 heavy (non-hydrogen) atoms. The molecule has 0 aromatic heterocycles. The maximum Gasteiger partial charge on any atom is 0.253 e. The molecule has 0 saturated carbocycles. The molecule has 0 spiro atoms. The minimum Gasteiger partial charge on any atom is -0.497 e. The zero-order valence-corrected chi connectivity index (χ0v) is 10.7. The molecule has 1 aliphatic heterocycles. The van der Waals surface area contributed by atoms with Gasteiger partial charge in [-0.15, -0.1) is 0 Å². The third-order valence-electron chi connectivity index (χ3n) is 3.08. The number of carbonyl (C=O) groups is 1. The molecule has 0 atom stereocenters. The van der Waals surface area contributed by atoms with Crippen LogP contribution in [0.4, 0.5) is 5.69 Å². The summed E-state index contributed by atoms with van der Waals surface area (Å²) in [5.74, 6) is 0.437. The number of hydrogen-bond acceptors (Lipinski definition) is 4. The number of nitrogen functional groups attached to an aromatic ring is 1. The summed E-state index contributed by atoms with van der Waals surface area (Å²) in [6.45, 7) is 4.02. The summed E-state index contributed by atoms with van der Waals surface area (Å²) in [6.07, 6.45) is 0. The van der Waals surface area contributed by atoms with Gasteiger partial charge in [-0.2, -0.15) is 0 Å². The third-order valence-corrected chi connectivity index (χ3v) is 3.08. The van der Waals surface area contributed by atoms with E-state index in [1.165, 1.54) is 0 Å². The van der Waals surface area contributed by atoms with Crippen LogP contribution in [0.5, 0.6) is 5.75 Å². The van der Waals surface area contributed by atoms with Gasteiger partial charge in [-0.3, -0.25) is 4.79 Å². The average Bonchev–Trinajstić information content (AvgIpc) is 2.34. The molecule has 1 aromatic rings. The first-order valence-electron chi connectivity index (χ1n) is 5.83. The molecular formula is C13H18N2O3. The van der Waals surface area contributed by atoms with Gasteiger partial charge in [-0.1, -0.05) is 6.92 Å². The van der Waals surface area contributed by atoms with E-state index < -0.39 is 0 Å². The van der Waals surface area contributed by atoms with Crippen LogP contribution >= 0.6 is 0 Å². The first-order chi connectivity index (χ1) is 8.54. The molecule has 0 bridgehead atoms. The number of rotatable bonds is 4. The van der Waals surface area contributed by atoms with Crippen LogP contribution in [0.2, 0.25) is 0 Å². The number of benzene rings is 1. The number of amides is 1. The number of ether oxygens (including phenoxy) is 2. The highest BCUT2D eigenvalue weighted by Gasteiger charge is 2.33. The van der Waals surface area contributed by atoms with Gasteiger partial charge in [0.2, 0.25) is 0 Å². The van der Waals surface area contributed by atoms with Gasteiger partial charge in [-0.05, 0) is 18.2 Å². The first kappa shape index (κ1) is 12.7. The van der Waals surface area contributed by atoms with Crippen LogP contribution in [0, 0.1) is 5.41 Å². The van der Waals surface area contributed by atoms with Crippen LogP contribution in [0.3, 0.4) is 0 Å². The van der Waals surface area contributed by atoms with Gasteiger partial charge < -0.3 is 20.5 Å². The minimum absolute atomic E-state index is 0.0449. The van der Waals surface area contributed by atoms with Gasteiger partial charge in [-0.25, -0.2) is 0 Å². The fraction of sp³-hybridized carbons (Fsp3) is 0.462. The van der Waals surface area contributed by atoms with E-state index in [0.29, 0.717) is 36.8 Å². The lowest BCUT2D eigenvalue weighted by atomic mass is 9.88. The number of hydrogen-bond donors (Lipinski definition) is 2. The number of carbonyl (C=O) groups excluding carboxylic acids is 1. The Morgan fingerprint density at radius 1 is 1.56 bits per heavy atom. The predicted molar refractivity (Wildman–Crippen MR) is 68.7 cm³/mol. The zero-order valence-electron chi connectivity index (χ0n) is 10.7. The van der Waals surface area contributed by atoms with Gasteiger partial charge >= 0.3 is 0 Å². The molecule has 1 heterocycles. The van der Waals surface area contributed by atoms with Gasteiger partial charge in [0.1, 0.15) is 5.75 Å². The molecule has 1 amide bonds. The second-order valence-electron chi connectivity index (χ2n) is 4.94. The third kappa shape index (κ3) is 2.56. The van der Waals surface area contributed by atoms with Crippen molar-refractivity contribution < 1.29 is 14.3 Å². The molecule has 0 unspecified atom stereocenters. The highest BCUT2D eigenvalue weighted by Crippen LogP contribution is 2.25. The smallest absolute Gasteiger partial charge is 0.253 e. The molecule has 1 aromatic carbocycles. The molecule has 0 aliphatic carbocycles. The Bertz CT molecular complexity index is 456. The molecule has 0 radical (unpaired) electrons. The molecule has 3 N–H and O–H groups in total. The van der Waals surface area contributed by atoms with E-state index in [0.717, 1.165) is 0 Å². The number of anilines is 1. The summed E-state index contributed by atoms with van der Waals surface area (Å²) in [6, 6.07) is 5.04. The Morgan fingerprint density at radius 3 is 2.83 bits per heavy atom. The Balaban J connectivity index is 2.03. The summed E-state index contributed by atoms with van der Waals surface area (Å²) in [4.78, 5) is 12.0. The number of methoxy groups -OCH3 is 1. The number of nitrogens with one attached hydrogen (secondary N) is 1. The maximum absolute atomic E-state index is 12.0. The first-order valence-corrected chi connectivity index (χ1v) is 5.83. The van der Waals surface area contributed by atoms with Gasteiger partial charge in [0.15, 0.2) is 0 Å². The Kier molecular flexibility index (Phi) is 3.43. The minimum atomic E-state index is -0.181. The fourth-order valence-corrected chi connectivity index (χ4v) is 1.80. The van der Waals surface area contributed by atoms with Crippen molar-refractivity contribution in [1.29, 1.82) is 0 Å². The van der Waals surface area contributed by atoms with Crippen molar-refractivity contribution in [3.05, 3.63) is 23.8 Å². The van der Waals surface area contributed by atoms with Crippen LogP contribution in [-0.4, -0.2) is 32.8 Å². The lowest BCUT2D eigenvalue weighted by Crippen LogP contribution is -2.48. The van der Waals surface area contributed by atoms with Crippen molar-refractivity contribution in [3.8, 4) is 5.75 Å². The largest absolute Gasteiger partial charge is 0.497 e. The molecule has 2 rings (SSSR count). The summed E-state index contributed by atoms with van der Waals surface area (Å²) < 4.78 is 10.2. The molecular weight excluding hydrogens is 232 g/mol. The van der Waals surface area contributed by atoms with Crippen molar-refractivity contribution in [2.75, 3.05) is 32.6 Å². The summed E-state index contributed by atoms with van der Waals surface area (Å²) in [5, 5.41) is 2.88. The van der Waals surface area contributed by atoms with Crippen molar-refractivity contribution in [2.45, 2.75) is 6.92 Å². The van der Waals surface area contributed by atoms with Crippen molar-refractivity contribution in [1.82, 2.24) is 5.32 Å². The highest BCUT2D eigenvalue weighted by atomic mass is 16.5. The van der Waals surface area contributed by atoms with E-state index in [1.807, 2.05) is 0 Å². The second-order valence-corrected chi connectivity index (χ2v) is 4.94. The van der Waals surface area contributed by atoms with E-state index in [9.17, 15) is 4.79 Å². The monoisotopic (exact) mass is 250 g/mol. The molecule has 1 aliphatic rings. The van der Waals surface area contributed by atoms with Gasteiger partial charge in [0.05, 0.1) is 25.9 Å². The maximum atomic E-state index is 12.0. The van der Waals surface area contributed by atoms with Crippen LogP contribution in [0.15, 0.2) is 18.2 Å². The highest BCUT2D eigenvalue weighted by molar-refractivity contribution is 5.99. The van der Waals surface area contributed by atoms with Crippen molar-refractivity contribution >= 4 is 11.6 Å². The quantitative estimate of drug-likeness (QED) is 0.783. The van der Waals surface area contributed by atoms with Gasteiger partial charge in [0, 0.05) is 17.6 Å². The van der Waals surface area contributed by atoms with Crippen LogP contribution < -0.4 is 15.8 Å². The van der Waals surface area contributed by atoms with Crippen molar-refractivity contribution in [2.24, 2.45) is 5.41 Å². The Hall–Kier alpha value is -1.75. The second kappa shape index (κ2) is 4.86.